The summed E-state index contributed by atoms with van der Waals surface area (Å²) in [6.07, 6.45) is 16.7. The standard InChI is InChI=1S/C29H52N2O4S/c1-21-8-3-4-11-28(21)36(33,34)30-16-5-6-17-31-26(19-30)29(27(31)20-32)23-14-12-22(13-15-23)24-9-7-10-25(18-24)35-2/h21-29,32H,3-20H2,1-2H3/t21?,22?,23?,24?,25?,26?,27-,28?,29+/m1/s1. The van der Waals surface area contributed by atoms with Gasteiger partial charge in [-0.05, 0) is 107 Å². The van der Waals surface area contributed by atoms with Gasteiger partial charge in [0.25, 0.3) is 0 Å². The van der Waals surface area contributed by atoms with E-state index in [4.69, 9.17) is 4.74 Å². The summed E-state index contributed by atoms with van der Waals surface area (Å²) in [5, 5.41) is 10.2. The molecule has 0 radical (unpaired) electrons. The highest BCUT2D eigenvalue weighted by Crippen LogP contribution is 2.48. The maximum Gasteiger partial charge on any atom is 0.217 e. The summed E-state index contributed by atoms with van der Waals surface area (Å²) < 4.78 is 35.3. The van der Waals surface area contributed by atoms with Gasteiger partial charge in [-0.3, -0.25) is 4.90 Å². The number of ether oxygens (including phenoxy) is 1. The van der Waals surface area contributed by atoms with Crippen LogP contribution in [0.4, 0.5) is 0 Å². The van der Waals surface area contributed by atoms with Crippen LogP contribution < -0.4 is 0 Å². The number of fused-ring (bicyclic) bond motifs is 1. The van der Waals surface area contributed by atoms with Crippen molar-refractivity contribution in [2.45, 2.75) is 120 Å². The lowest BCUT2D eigenvalue weighted by Crippen LogP contribution is -2.71. The molecule has 2 aliphatic heterocycles. The summed E-state index contributed by atoms with van der Waals surface area (Å²) in [7, 11) is -1.40. The van der Waals surface area contributed by atoms with Crippen LogP contribution in [0, 0.1) is 29.6 Å². The molecule has 208 valence electrons. The summed E-state index contributed by atoms with van der Waals surface area (Å²) in [5.74, 6) is 2.97. The number of sulfonamides is 1. The molecule has 0 amide bonds. The fourth-order valence-electron chi connectivity index (χ4n) is 9.11. The van der Waals surface area contributed by atoms with Crippen molar-refractivity contribution < 1.29 is 18.3 Å². The van der Waals surface area contributed by atoms with Gasteiger partial charge in [0, 0.05) is 32.3 Å². The molecule has 1 N–H and O–H groups in total. The number of hydrogen-bond acceptors (Lipinski definition) is 5. The molecular formula is C29H52N2O4S. The first-order valence-electron chi connectivity index (χ1n) is 15.3. The van der Waals surface area contributed by atoms with E-state index >= 15 is 0 Å². The minimum Gasteiger partial charge on any atom is -0.395 e. The normalized spacial score (nSPS) is 43.7. The molecule has 2 heterocycles. The first-order chi connectivity index (χ1) is 17.4. The lowest BCUT2D eigenvalue weighted by atomic mass is 9.63. The molecule has 3 saturated carbocycles. The summed E-state index contributed by atoms with van der Waals surface area (Å²) in [6, 6.07) is 0.505. The van der Waals surface area contributed by atoms with E-state index in [1.54, 1.807) is 0 Å². The fraction of sp³-hybridized carbons (Fsp3) is 1.00. The fourth-order valence-corrected chi connectivity index (χ4v) is 11.4. The lowest BCUT2D eigenvalue weighted by Gasteiger charge is -2.60. The maximum absolute atomic E-state index is 13.8. The third-order valence-electron chi connectivity index (χ3n) is 11.2. The molecule has 0 spiro atoms. The van der Waals surface area contributed by atoms with Crippen molar-refractivity contribution in [1.29, 1.82) is 0 Å². The monoisotopic (exact) mass is 524 g/mol. The SMILES string of the molecule is COC1CCCC(C2CCC([C@H]3C4CN(S(=O)(=O)C5CCCCC5C)CCCCN4[C@@H]3CO)CC2)C1. The van der Waals surface area contributed by atoms with Crippen molar-refractivity contribution in [3.05, 3.63) is 0 Å². The quantitative estimate of drug-likeness (QED) is 0.547. The highest BCUT2D eigenvalue weighted by molar-refractivity contribution is 7.89. The summed E-state index contributed by atoms with van der Waals surface area (Å²) >= 11 is 0. The van der Waals surface area contributed by atoms with Crippen LogP contribution in [-0.2, 0) is 14.8 Å². The van der Waals surface area contributed by atoms with E-state index in [-0.39, 0.29) is 29.9 Å². The van der Waals surface area contributed by atoms with E-state index in [2.05, 4.69) is 11.8 Å². The van der Waals surface area contributed by atoms with Crippen molar-refractivity contribution >= 4 is 10.0 Å². The molecule has 5 unspecified atom stereocenters. The number of hydrogen-bond donors (Lipinski definition) is 1. The Labute approximate surface area is 220 Å². The topological polar surface area (TPSA) is 70.1 Å². The average Bonchev–Trinajstić information content (AvgIpc) is 2.88. The van der Waals surface area contributed by atoms with E-state index in [0.717, 1.165) is 50.5 Å². The Morgan fingerprint density at radius 3 is 2.28 bits per heavy atom. The van der Waals surface area contributed by atoms with Gasteiger partial charge in [-0.2, -0.15) is 0 Å². The smallest absolute Gasteiger partial charge is 0.217 e. The van der Waals surface area contributed by atoms with E-state index < -0.39 is 10.0 Å². The number of aliphatic hydroxyl groups is 1. The molecule has 2 saturated heterocycles. The molecule has 7 heteroatoms. The van der Waals surface area contributed by atoms with Gasteiger partial charge in [-0.25, -0.2) is 12.7 Å². The highest BCUT2D eigenvalue weighted by atomic mass is 32.2. The second-order valence-corrected chi connectivity index (χ2v) is 15.2. The zero-order valence-electron chi connectivity index (χ0n) is 22.9. The van der Waals surface area contributed by atoms with E-state index in [1.165, 1.54) is 57.8 Å². The average molecular weight is 525 g/mol. The molecule has 36 heavy (non-hydrogen) atoms. The van der Waals surface area contributed by atoms with Gasteiger partial charge in [0.05, 0.1) is 18.0 Å². The van der Waals surface area contributed by atoms with Crippen molar-refractivity contribution in [3.8, 4) is 0 Å². The molecule has 0 bridgehead atoms. The first-order valence-corrected chi connectivity index (χ1v) is 16.8. The molecule has 5 aliphatic rings. The molecule has 0 aromatic rings. The predicted molar refractivity (Wildman–Crippen MR) is 144 cm³/mol. The third-order valence-corrected chi connectivity index (χ3v) is 13.7. The van der Waals surface area contributed by atoms with Gasteiger partial charge < -0.3 is 9.84 Å². The summed E-state index contributed by atoms with van der Waals surface area (Å²) in [6.45, 7) is 4.69. The second-order valence-electron chi connectivity index (χ2n) is 13.0. The molecule has 0 aromatic heterocycles. The number of rotatable bonds is 6. The minimum atomic E-state index is -3.27. The van der Waals surface area contributed by atoms with Crippen molar-refractivity contribution in [2.24, 2.45) is 29.6 Å². The second kappa shape index (κ2) is 11.9. The van der Waals surface area contributed by atoms with Gasteiger partial charge in [-0.1, -0.05) is 26.2 Å². The maximum atomic E-state index is 13.8. The third kappa shape index (κ3) is 5.43. The van der Waals surface area contributed by atoms with Gasteiger partial charge in [0.2, 0.25) is 10.0 Å². The van der Waals surface area contributed by atoms with Crippen molar-refractivity contribution in [1.82, 2.24) is 9.21 Å². The van der Waals surface area contributed by atoms with Gasteiger partial charge >= 0.3 is 0 Å². The van der Waals surface area contributed by atoms with Gasteiger partial charge in [0.15, 0.2) is 0 Å². The zero-order chi connectivity index (χ0) is 25.3. The number of nitrogens with zero attached hydrogens (tertiary/aromatic N) is 2. The minimum absolute atomic E-state index is 0.201. The largest absolute Gasteiger partial charge is 0.395 e. The Hall–Kier alpha value is -0.210. The van der Waals surface area contributed by atoms with Crippen LogP contribution in [-0.4, -0.2) is 79.5 Å². The number of aliphatic hydroxyl groups excluding tert-OH is 1. The Kier molecular flexibility index (Phi) is 9.04. The molecule has 5 fully saturated rings. The van der Waals surface area contributed by atoms with Crippen LogP contribution in [0.1, 0.15) is 96.8 Å². The molecule has 7 atom stereocenters. The predicted octanol–water partition coefficient (Wildman–Crippen LogP) is 4.66. The Morgan fingerprint density at radius 1 is 0.833 bits per heavy atom. The molecular weight excluding hydrogens is 472 g/mol. The van der Waals surface area contributed by atoms with Crippen molar-refractivity contribution in [2.75, 3.05) is 33.4 Å². The van der Waals surface area contributed by atoms with E-state index in [0.29, 0.717) is 31.0 Å². The van der Waals surface area contributed by atoms with Crippen LogP contribution >= 0.6 is 0 Å². The molecule has 3 aliphatic carbocycles. The summed E-state index contributed by atoms with van der Waals surface area (Å²) in [4.78, 5) is 2.48. The van der Waals surface area contributed by atoms with Crippen molar-refractivity contribution in [3.63, 3.8) is 0 Å². The van der Waals surface area contributed by atoms with E-state index in [9.17, 15) is 13.5 Å². The van der Waals surface area contributed by atoms with E-state index in [1.807, 2.05) is 11.4 Å². The molecule has 5 rings (SSSR count). The Morgan fingerprint density at radius 2 is 1.56 bits per heavy atom. The van der Waals surface area contributed by atoms with Crippen LogP contribution in [0.5, 0.6) is 0 Å². The first kappa shape index (κ1) is 27.4. The van der Waals surface area contributed by atoms with Gasteiger partial charge in [-0.15, -0.1) is 0 Å². The zero-order valence-corrected chi connectivity index (χ0v) is 23.7. The van der Waals surface area contributed by atoms with Crippen LogP contribution in [0.25, 0.3) is 0 Å². The molecule has 0 aromatic carbocycles. The van der Waals surface area contributed by atoms with Crippen LogP contribution in [0.2, 0.25) is 0 Å². The highest BCUT2D eigenvalue weighted by Gasteiger charge is 2.53. The molecule has 6 nitrogen and oxygen atoms in total. The van der Waals surface area contributed by atoms with Crippen LogP contribution in [0.15, 0.2) is 0 Å². The Balaban J connectivity index is 1.25. The lowest BCUT2D eigenvalue weighted by molar-refractivity contribution is -0.123. The number of methoxy groups -OCH3 is 1. The summed E-state index contributed by atoms with van der Waals surface area (Å²) in [5.41, 5.74) is 0. The Bertz CT molecular complexity index is 814. The van der Waals surface area contributed by atoms with Crippen LogP contribution in [0.3, 0.4) is 0 Å². The van der Waals surface area contributed by atoms with Gasteiger partial charge in [0.1, 0.15) is 0 Å².